The molecule has 1 amide bonds. The molecule has 29 heavy (non-hydrogen) atoms. The van der Waals surface area contributed by atoms with Crippen LogP contribution in [0.15, 0.2) is 47.0 Å². The molecule has 3 aromatic rings. The first-order valence-electron chi connectivity index (χ1n) is 9.32. The van der Waals surface area contributed by atoms with E-state index in [1.807, 2.05) is 31.2 Å². The van der Waals surface area contributed by atoms with Gasteiger partial charge in [0.25, 0.3) is 0 Å². The Morgan fingerprint density at radius 3 is 2.72 bits per heavy atom. The van der Waals surface area contributed by atoms with E-state index in [1.54, 1.807) is 0 Å². The molecule has 1 fully saturated rings. The lowest BCUT2D eigenvalue weighted by atomic mass is 10.1. The van der Waals surface area contributed by atoms with Crippen LogP contribution in [0.1, 0.15) is 30.7 Å². The highest BCUT2D eigenvalue weighted by Gasteiger charge is 2.34. The molecule has 2 heterocycles. The van der Waals surface area contributed by atoms with Crippen molar-refractivity contribution >= 4 is 5.91 Å². The zero-order valence-electron chi connectivity index (χ0n) is 15.8. The molecule has 4 rings (SSSR count). The minimum atomic E-state index is -0.670. The summed E-state index contributed by atoms with van der Waals surface area (Å²) in [5.41, 5.74) is 1.04. The number of amides is 1. The van der Waals surface area contributed by atoms with Crippen LogP contribution < -0.4 is 4.74 Å². The molecule has 2 aromatic carbocycles. The lowest BCUT2D eigenvalue weighted by Gasteiger charge is -2.16. The smallest absolute Gasteiger partial charge is 0.232 e. The number of halogens is 2. The van der Waals surface area contributed by atoms with Gasteiger partial charge in [0, 0.05) is 36.7 Å². The molecule has 1 atom stereocenters. The van der Waals surface area contributed by atoms with Crippen LogP contribution in [0.2, 0.25) is 0 Å². The fourth-order valence-corrected chi connectivity index (χ4v) is 3.33. The van der Waals surface area contributed by atoms with Gasteiger partial charge in [0.15, 0.2) is 0 Å². The number of ether oxygens (including phenoxy) is 1. The van der Waals surface area contributed by atoms with Crippen LogP contribution in [0.4, 0.5) is 8.78 Å². The minimum Gasteiger partial charge on any atom is -0.494 e. The Kier molecular flexibility index (Phi) is 5.24. The molecule has 1 unspecified atom stereocenters. The third-order valence-electron chi connectivity index (χ3n) is 4.81. The van der Waals surface area contributed by atoms with Crippen LogP contribution in [0.5, 0.6) is 5.75 Å². The van der Waals surface area contributed by atoms with Gasteiger partial charge in [-0.2, -0.15) is 4.98 Å². The van der Waals surface area contributed by atoms with Crippen LogP contribution in [0.25, 0.3) is 11.4 Å². The van der Waals surface area contributed by atoms with Crippen molar-refractivity contribution < 1.29 is 22.8 Å². The molecule has 1 aromatic heterocycles. The van der Waals surface area contributed by atoms with Gasteiger partial charge in [-0.1, -0.05) is 11.2 Å². The number of likely N-dealkylation sites (tertiary alicyclic amines) is 1. The predicted octanol–water partition coefficient (Wildman–Crippen LogP) is 3.93. The van der Waals surface area contributed by atoms with Gasteiger partial charge in [0.1, 0.15) is 17.4 Å². The minimum absolute atomic E-state index is 0.0708. The summed E-state index contributed by atoms with van der Waals surface area (Å²) in [6.45, 7) is 2.90. The number of hydrogen-bond donors (Lipinski definition) is 0. The van der Waals surface area contributed by atoms with Gasteiger partial charge in [-0.05, 0) is 37.3 Å². The number of aromatic nitrogens is 2. The molecule has 1 aliphatic rings. The van der Waals surface area contributed by atoms with Crippen LogP contribution in [-0.4, -0.2) is 34.1 Å². The summed E-state index contributed by atoms with van der Waals surface area (Å²) in [5, 5.41) is 4.01. The standard InChI is InChI=1S/C21H19F2N3O3/c1-2-28-17-7-4-13(5-8-17)20-24-21(29-25-20)15-9-19(27)26(12-15)11-14-3-6-16(22)10-18(14)23/h3-8,10,15H,2,9,11-12H2,1H3. The van der Waals surface area contributed by atoms with E-state index >= 15 is 0 Å². The Hall–Kier alpha value is -3.29. The van der Waals surface area contributed by atoms with E-state index in [0.717, 1.165) is 17.4 Å². The quantitative estimate of drug-likeness (QED) is 0.628. The number of nitrogens with zero attached hydrogens (tertiary/aromatic N) is 3. The first-order chi connectivity index (χ1) is 14.0. The summed E-state index contributed by atoms with van der Waals surface area (Å²) in [7, 11) is 0. The first kappa shape index (κ1) is 19.0. The molecule has 8 heteroatoms. The Morgan fingerprint density at radius 2 is 2.00 bits per heavy atom. The molecule has 6 nitrogen and oxygen atoms in total. The van der Waals surface area contributed by atoms with Crippen molar-refractivity contribution in [3.8, 4) is 17.1 Å². The van der Waals surface area contributed by atoms with Crippen LogP contribution in [0.3, 0.4) is 0 Å². The average Bonchev–Trinajstić information content (AvgIpc) is 3.32. The maximum Gasteiger partial charge on any atom is 0.232 e. The normalized spacial score (nSPS) is 16.4. The van der Waals surface area contributed by atoms with Gasteiger partial charge in [0.2, 0.25) is 17.6 Å². The van der Waals surface area contributed by atoms with Crippen LogP contribution in [0, 0.1) is 11.6 Å². The predicted molar refractivity (Wildman–Crippen MR) is 100 cm³/mol. The highest BCUT2D eigenvalue weighted by molar-refractivity contribution is 5.79. The summed E-state index contributed by atoms with van der Waals surface area (Å²) >= 11 is 0. The van der Waals surface area contributed by atoms with E-state index in [9.17, 15) is 13.6 Å². The van der Waals surface area contributed by atoms with E-state index in [4.69, 9.17) is 9.26 Å². The summed E-state index contributed by atoms with van der Waals surface area (Å²) in [6, 6.07) is 10.7. The van der Waals surface area contributed by atoms with Crippen molar-refractivity contribution in [1.82, 2.24) is 15.0 Å². The second-order valence-electron chi connectivity index (χ2n) is 6.82. The fourth-order valence-electron chi connectivity index (χ4n) is 3.33. The molecule has 0 aliphatic carbocycles. The van der Waals surface area contributed by atoms with E-state index in [1.165, 1.54) is 17.0 Å². The highest BCUT2D eigenvalue weighted by atomic mass is 19.1. The van der Waals surface area contributed by atoms with Crippen LogP contribution in [-0.2, 0) is 11.3 Å². The van der Waals surface area contributed by atoms with Crippen molar-refractivity contribution in [2.24, 2.45) is 0 Å². The number of hydrogen-bond acceptors (Lipinski definition) is 5. The molecule has 0 radical (unpaired) electrons. The number of rotatable bonds is 6. The molecule has 1 saturated heterocycles. The molecular formula is C21H19F2N3O3. The van der Waals surface area contributed by atoms with Crippen molar-refractivity contribution in [3.63, 3.8) is 0 Å². The number of carbonyl (C=O) groups excluding carboxylic acids is 1. The molecule has 150 valence electrons. The molecule has 0 saturated carbocycles. The zero-order valence-corrected chi connectivity index (χ0v) is 15.8. The summed E-state index contributed by atoms with van der Waals surface area (Å²) in [4.78, 5) is 18.3. The molecule has 1 aliphatic heterocycles. The lowest BCUT2D eigenvalue weighted by molar-refractivity contribution is -0.128. The number of carbonyl (C=O) groups is 1. The Morgan fingerprint density at radius 1 is 1.21 bits per heavy atom. The van der Waals surface area contributed by atoms with Crippen molar-refractivity contribution in [1.29, 1.82) is 0 Å². The van der Waals surface area contributed by atoms with Gasteiger partial charge in [-0.15, -0.1) is 0 Å². The van der Waals surface area contributed by atoms with E-state index in [0.29, 0.717) is 24.9 Å². The second kappa shape index (κ2) is 7.98. The van der Waals surface area contributed by atoms with Gasteiger partial charge in [0.05, 0.1) is 12.5 Å². The maximum atomic E-state index is 13.9. The highest BCUT2D eigenvalue weighted by Crippen LogP contribution is 2.30. The summed E-state index contributed by atoms with van der Waals surface area (Å²) in [6.07, 6.45) is 0.202. The second-order valence-corrected chi connectivity index (χ2v) is 6.82. The maximum absolute atomic E-state index is 13.9. The third-order valence-corrected chi connectivity index (χ3v) is 4.81. The van der Waals surface area contributed by atoms with Gasteiger partial charge >= 0.3 is 0 Å². The topological polar surface area (TPSA) is 68.5 Å². The molecular weight excluding hydrogens is 380 g/mol. The molecule has 0 bridgehead atoms. The summed E-state index contributed by atoms with van der Waals surface area (Å²) in [5.74, 6) is -0.177. The Balaban J connectivity index is 1.45. The van der Waals surface area contributed by atoms with Gasteiger partial charge in [-0.25, -0.2) is 8.78 Å². The van der Waals surface area contributed by atoms with Crippen molar-refractivity contribution in [2.75, 3.05) is 13.2 Å². The number of benzene rings is 2. The zero-order chi connectivity index (χ0) is 20.4. The lowest BCUT2D eigenvalue weighted by Crippen LogP contribution is -2.25. The first-order valence-corrected chi connectivity index (χ1v) is 9.32. The van der Waals surface area contributed by atoms with Crippen molar-refractivity contribution in [3.05, 3.63) is 65.6 Å². The fraction of sp³-hybridized carbons (Fsp3) is 0.286. The SMILES string of the molecule is CCOc1ccc(-c2noc(C3CC(=O)N(Cc4ccc(F)cc4F)C3)n2)cc1. The van der Waals surface area contributed by atoms with Gasteiger partial charge in [-0.3, -0.25) is 4.79 Å². The molecule has 0 spiro atoms. The largest absolute Gasteiger partial charge is 0.494 e. The Bertz CT molecular complexity index is 1020. The Labute approximate surface area is 166 Å². The van der Waals surface area contributed by atoms with Crippen LogP contribution >= 0.6 is 0 Å². The summed E-state index contributed by atoms with van der Waals surface area (Å²) < 4.78 is 37.7. The third kappa shape index (κ3) is 4.11. The average molecular weight is 399 g/mol. The van der Waals surface area contributed by atoms with Gasteiger partial charge < -0.3 is 14.2 Å². The monoisotopic (exact) mass is 399 g/mol. The molecule has 0 N–H and O–H groups in total. The van der Waals surface area contributed by atoms with E-state index in [2.05, 4.69) is 10.1 Å². The van der Waals surface area contributed by atoms with Crippen molar-refractivity contribution in [2.45, 2.75) is 25.8 Å². The van der Waals surface area contributed by atoms with E-state index in [-0.39, 0.29) is 30.4 Å². The van der Waals surface area contributed by atoms with E-state index < -0.39 is 11.6 Å².